The smallest absolute Gasteiger partial charge is 0.261 e. The lowest BCUT2D eigenvalue weighted by Crippen LogP contribution is -2.34. The SMILES string of the molecule is CCOc1ccccc1C(=O)NC(=S)Nc1cccc(NC(=O)CC)c1. The van der Waals surface area contributed by atoms with Crippen molar-refractivity contribution in [3.8, 4) is 5.75 Å². The number of hydrogen-bond donors (Lipinski definition) is 3. The summed E-state index contributed by atoms with van der Waals surface area (Å²) in [4.78, 5) is 23.9. The number of amides is 2. The van der Waals surface area contributed by atoms with Crippen molar-refractivity contribution >= 4 is 40.5 Å². The van der Waals surface area contributed by atoms with E-state index in [9.17, 15) is 9.59 Å². The van der Waals surface area contributed by atoms with Crippen molar-refractivity contribution in [2.24, 2.45) is 0 Å². The fourth-order valence-electron chi connectivity index (χ4n) is 2.19. The summed E-state index contributed by atoms with van der Waals surface area (Å²) in [7, 11) is 0. The molecule has 0 aliphatic heterocycles. The van der Waals surface area contributed by atoms with Gasteiger partial charge in [-0.1, -0.05) is 25.1 Å². The second kappa shape index (κ2) is 9.53. The number of rotatable bonds is 6. The topological polar surface area (TPSA) is 79.5 Å². The van der Waals surface area contributed by atoms with Gasteiger partial charge in [-0.2, -0.15) is 0 Å². The van der Waals surface area contributed by atoms with Crippen LogP contribution in [0.5, 0.6) is 5.75 Å². The molecule has 0 aromatic heterocycles. The summed E-state index contributed by atoms with van der Waals surface area (Å²) in [5, 5.41) is 8.48. The Hall–Kier alpha value is -2.93. The Labute approximate surface area is 157 Å². The maximum Gasteiger partial charge on any atom is 0.261 e. The van der Waals surface area contributed by atoms with E-state index in [1.54, 1.807) is 55.5 Å². The molecule has 6 nitrogen and oxygen atoms in total. The highest BCUT2D eigenvalue weighted by Gasteiger charge is 2.13. The third-order valence-electron chi connectivity index (χ3n) is 3.38. The second-order valence-electron chi connectivity index (χ2n) is 5.32. The molecule has 7 heteroatoms. The van der Waals surface area contributed by atoms with Gasteiger partial charge in [-0.3, -0.25) is 14.9 Å². The predicted molar refractivity (Wildman–Crippen MR) is 107 cm³/mol. The van der Waals surface area contributed by atoms with Crippen LogP contribution in [0.15, 0.2) is 48.5 Å². The average Bonchev–Trinajstić information content (AvgIpc) is 2.62. The Morgan fingerprint density at radius 3 is 2.38 bits per heavy atom. The number of thiocarbonyl (C=S) groups is 1. The van der Waals surface area contributed by atoms with E-state index in [-0.39, 0.29) is 16.9 Å². The van der Waals surface area contributed by atoms with Crippen molar-refractivity contribution in [1.29, 1.82) is 0 Å². The maximum atomic E-state index is 12.4. The van der Waals surface area contributed by atoms with E-state index in [1.807, 2.05) is 6.92 Å². The monoisotopic (exact) mass is 371 g/mol. The van der Waals surface area contributed by atoms with Gasteiger partial charge in [-0.25, -0.2) is 0 Å². The number of carbonyl (C=O) groups excluding carboxylic acids is 2. The van der Waals surface area contributed by atoms with Crippen LogP contribution in [0.2, 0.25) is 0 Å². The summed E-state index contributed by atoms with van der Waals surface area (Å²) in [5.74, 6) is 0.0622. The van der Waals surface area contributed by atoms with Gasteiger partial charge in [0.15, 0.2) is 5.11 Å². The highest BCUT2D eigenvalue weighted by molar-refractivity contribution is 7.80. The summed E-state index contributed by atoms with van der Waals surface area (Å²) in [6, 6.07) is 14.0. The molecular formula is C19H21N3O3S. The molecule has 136 valence electrons. The van der Waals surface area contributed by atoms with Crippen LogP contribution in [0.4, 0.5) is 11.4 Å². The van der Waals surface area contributed by atoms with Gasteiger partial charge in [0.1, 0.15) is 5.75 Å². The molecule has 0 aliphatic rings. The van der Waals surface area contributed by atoms with Crippen LogP contribution in [-0.4, -0.2) is 23.5 Å². The molecule has 0 fully saturated rings. The molecule has 2 rings (SSSR count). The number of anilines is 2. The molecule has 2 aromatic carbocycles. The van der Waals surface area contributed by atoms with Crippen molar-refractivity contribution in [3.05, 3.63) is 54.1 Å². The lowest BCUT2D eigenvalue weighted by atomic mass is 10.2. The van der Waals surface area contributed by atoms with Crippen LogP contribution in [0, 0.1) is 0 Å². The van der Waals surface area contributed by atoms with Crippen molar-refractivity contribution in [2.45, 2.75) is 20.3 Å². The quantitative estimate of drug-likeness (QED) is 0.677. The van der Waals surface area contributed by atoms with E-state index in [1.165, 1.54) is 0 Å². The summed E-state index contributed by atoms with van der Waals surface area (Å²) >= 11 is 5.20. The Balaban J connectivity index is 2.01. The molecule has 0 bridgehead atoms. The Kier molecular flexibility index (Phi) is 7.11. The number of hydrogen-bond acceptors (Lipinski definition) is 4. The van der Waals surface area contributed by atoms with Crippen LogP contribution >= 0.6 is 12.2 Å². The predicted octanol–water partition coefficient (Wildman–Crippen LogP) is 3.56. The van der Waals surface area contributed by atoms with Gasteiger partial charge in [0.25, 0.3) is 5.91 Å². The second-order valence-corrected chi connectivity index (χ2v) is 5.73. The van der Waals surface area contributed by atoms with Crippen molar-refractivity contribution in [1.82, 2.24) is 5.32 Å². The fourth-order valence-corrected chi connectivity index (χ4v) is 2.40. The fraction of sp³-hybridized carbons (Fsp3) is 0.211. The first-order valence-corrected chi connectivity index (χ1v) is 8.68. The number of carbonyl (C=O) groups is 2. The zero-order valence-corrected chi connectivity index (χ0v) is 15.5. The van der Waals surface area contributed by atoms with Gasteiger partial charge in [-0.05, 0) is 49.5 Å². The summed E-state index contributed by atoms with van der Waals surface area (Å²) in [6.07, 6.45) is 0.394. The minimum atomic E-state index is -0.359. The minimum Gasteiger partial charge on any atom is -0.493 e. The molecule has 0 saturated heterocycles. The van der Waals surface area contributed by atoms with E-state index >= 15 is 0 Å². The molecule has 2 amide bonds. The van der Waals surface area contributed by atoms with Gasteiger partial charge in [0.2, 0.25) is 5.91 Å². The van der Waals surface area contributed by atoms with Crippen LogP contribution in [0.25, 0.3) is 0 Å². The van der Waals surface area contributed by atoms with E-state index < -0.39 is 0 Å². The third kappa shape index (κ3) is 5.56. The Bertz CT molecular complexity index is 808. The first-order chi connectivity index (χ1) is 12.5. The first-order valence-electron chi connectivity index (χ1n) is 8.27. The number of para-hydroxylation sites is 1. The maximum absolute atomic E-state index is 12.4. The summed E-state index contributed by atoms with van der Waals surface area (Å²) in [6.45, 7) is 4.09. The van der Waals surface area contributed by atoms with Gasteiger partial charge in [0, 0.05) is 17.8 Å². The zero-order valence-electron chi connectivity index (χ0n) is 14.7. The van der Waals surface area contributed by atoms with Gasteiger partial charge < -0.3 is 15.4 Å². The van der Waals surface area contributed by atoms with Crippen LogP contribution in [0.3, 0.4) is 0 Å². The molecule has 0 saturated carbocycles. The standard InChI is InChI=1S/C19H21N3O3S/c1-3-17(23)20-13-8-7-9-14(12-13)21-19(26)22-18(24)15-10-5-6-11-16(15)25-4-2/h5-12H,3-4H2,1-2H3,(H,20,23)(H2,21,22,24,26). The Morgan fingerprint density at radius 1 is 1.00 bits per heavy atom. The lowest BCUT2D eigenvalue weighted by Gasteiger charge is -2.13. The number of benzene rings is 2. The number of nitrogens with one attached hydrogen (secondary N) is 3. The van der Waals surface area contributed by atoms with Crippen LogP contribution < -0.4 is 20.7 Å². The highest BCUT2D eigenvalue weighted by Crippen LogP contribution is 2.18. The van der Waals surface area contributed by atoms with Gasteiger partial charge >= 0.3 is 0 Å². The minimum absolute atomic E-state index is 0.0782. The largest absolute Gasteiger partial charge is 0.493 e. The average molecular weight is 371 g/mol. The normalized spacial score (nSPS) is 9.92. The summed E-state index contributed by atoms with van der Waals surface area (Å²) < 4.78 is 5.46. The molecule has 0 unspecified atom stereocenters. The third-order valence-corrected chi connectivity index (χ3v) is 3.59. The molecule has 3 N–H and O–H groups in total. The molecule has 26 heavy (non-hydrogen) atoms. The van der Waals surface area contributed by atoms with E-state index in [2.05, 4.69) is 16.0 Å². The van der Waals surface area contributed by atoms with E-state index in [4.69, 9.17) is 17.0 Å². The lowest BCUT2D eigenvalue weighted by molar-refractivity contribution is -0.115. The van der Waals surface area contributed by atoms with Gasteiger partial charge in [-0.15, -0.1) is 0 Å². The molecular weight excluding hydrogens is 350 g/mol. The van der Waals surface area contributed by atoms with Crippen LogP contribution in [-0.2, 0) is 4.79 Å². The highest BCUT2D eigenvalue weighted by atomic mass is 32.1. The Morgan fingerprint density at radius 2 is 1.69 bits per heavy atom. The van der Waals surface area contributed by atoms with Gasteiger partial charge in [0.05, 0.1) is 12.2 Å². The van der Waals surface area contributed by atoms with Crippen LogP contribution in [0.1, 0.15) is 30.6 Å². The van der Waals surface area contributed by atoms with E-state index in [0.29, 0.717) is 35.7 Å². The molecule has 0 atom stereocenters. The molecule has 2 aromatic rings. The van der Waals surface area contributed by atoms with Crippen molar-refractivity contribution in [2.75, 3.05) is 17.2 Å². The van der Waals surface area contributed by atoms with Crippen molar-refractivity contribution < 1.29 is 14.3 Å². The zero-order chi connectivity index (χ0) is 18.9. The molecule has 0 aliphatic carbocycles. The summed E-state index contributed by atoms with van der Waals surface area (Å²) in [5.41, 5.74) is 1.71. The molecule has 0 heterocycles. The first kappa shape index (κ1) is 19.4. The molecule has 0 spiro atoms. The van der Waals surface area contributed by atoms with E-state index in [0.717, 1.165) is 0 Å². The molecule has 0 radical (unpaired) electrons. The van der Waals surface area contributed by atoms with Crippen molar-refractivity contribution in [3.63, 3.8) is 0 Å². The number of ether oxygens (including phenoxy) is 1.